The standard InChI is InChI=1S/C33H30ClF2N7O5S2/c1-33(2,50(47,48)22-5-6-22)12-10-21-4-7-23(24-8-9-25(34)28-30(24)41-42-31(28)43-49(3,45)46)29(38-21)27(39-32(44)26-11-13-37-40-26)16-18-14-19(35)17-20(36)15-18/h4,7-9,11,13-15,17,22,27H,5-6,16H2,1-3H3,(H,37,40)(H,39,44)(H2,41,42,43)/t27-/m0/s1. The van der Waals surface area contributed by atoms with Crippen LogP contribution in [0, 0.1) is 23.5 Å². The number of amides is 1. The van der Waals surface area contributed by atoms with Crippen molar-refractivity contribution in [1.29, 1.82) is 0 Å². The Morgan fingerprint density at radius 3 is 2.38 bits per heavy atom. The second-order valence-electron chi connectivity index (χ2n) is 12.4. The molecule has 0 radical (unpaired) electrons. The third-order valence-corrected chi connectivity index (χ3v) is 11.8. The Morgan fingerprint density at radius 1 is 1.04 bits per heavy atom. The molecule has 12 nitrogen and oxygen atoms in total. The van der Waals surface area contributed by atoms with Gasteiger partial charge in [-0.05, 0) is 81.0 Å². The Labute approximate surface area is 291 Å². The molecule has 1 aliphatic rings. The zero-order chi connectivity index (χ0) is 36.0. The van der Waals surface area contributed by atoms with Crippen LogP contribution < -0.4 is 10.0 Å². The smallest absolute Gasteiger partial charge is 0.269 e. The molecule has 1 aliphatic carbocycles. The van der Waals surface area contributed by atoms with E-state index in [9.17, 15) is 30.4 Å². The Bertz CT molecular complexity index is 2400. The van der Waals surface area contributed by atoms with Gasteiger partial charge in [-0.15, -0.1) is 0 Å². The summed E-state index contributed by atoms with van der Waals surface area (Å²) < 4.78 is 80.0. The number of benzene rings is 2. The fourth-order valence-electron chi connectivity index (χ4n) is 5.48. The molecule has 3 aromatic heterocycles. The van der Waals surface area contributed by atoms with Crippen LogP contribution in [0.1, 0.15) is 60.2 Å². The van der Waals surface area contributed by atoms with Crippen LogP contribution in [-0.2, 0) is 26.3 Å². The maximum absolute atomic E-state index is 14.4. The number of hydrogen-bond donors (Lipinski definition) is 4. The van der Waals surface area contributed by atoms with Crippen molar-refractivity contribution in [2.24, 2.45) is 0 Å². The second kappa shape index (κ2) is 13.1. The summed E-state index contributed by atoms with van der Waals surface area (Å²) in [5.41, 5.74) is 1.78. The number of pyridine rings is 1. The van der Waals surface area contributed by atoms with Crippen molar-refractivity contribution < 1.29 is 30.4 Å². The molecule has 5 aromatic rings. The van der Waals surface area contributed by atoms with Crippen LogP contribution in [0.4, 0.5) is 14.6 Å². The molecular formula is C33H30ClF2N7O5S2. The summed E-state index contributed by atoms with van der Waals surface area (Å²) >= 11 is 6.51. The van der Waals surface area contributed by atoms with Crippen molar-refractivity contribution in [3.8, 4) is 23.0 Å². The number of halogens is 3. The first kappa shape index (κ1) is 35.0. The lowest BCUT2D eigenvalue weighted by atomic mass is 9.93. The molecule has 1 atom stereocenters. The van der Waals surface area contributed by atoms with Crippen LogP contribution in [0.25, 0.3) is 22.0 Å². The van der Waals surface area contributed by atoms with Gasteiger partial charge in [-0.2, -0.15) is 10.2 Å². The fraction of sp³-hybridized carbons (Fsp3) is 0.273. The maximum atomic E-state index is 14.4. The number of H-pyrrole nitrogens is 2. The number of carbonyl (C=O) groups excluding carboxylic acids is 1. The number of aromatic amines is 2. The van der Waals surface area contributed by atoms with E-state index in [1.54, 1.807) is 18.2 Å². The largest absolute Gasteiger partial charge is 0.342 e. The molecular weight excluding hydrogens is 712 g/mol. The predicted molar refractivity (Wildman–Crippen MR) is 185 cm³/mol. The van der Waals surface area contributed by atoms with Crippen molar-refractivity contribution in [1.82, 2.24) is 30.7 Å². The Hall–Kier alpha value is -4.85. The number of nitrogens with one attached hydrogen (secondary N) is 4. The van der Waals surface area contributed by atoms with Crippen LogP contribution in [0.2, 0.25) is 5.02 Å². The van der Waals surface area contributed by atoms with E-state index >= 15 is 0 Å². The van der Waals surface area contributed by atoms with Gasteiger partial charge in [0.25, 0.3) is 5.91 Å². The zero-order valence-electron chi connectivity index (χ0n) is 26.8. The molecule has 0 saturated heterocycles. The summed E-state index contributed by atoms with van der Waals surface area (Å²) in [6.07, 6.45) is 3.36. The molecule has 0 aliphatic heterocycles. The average molecular weight is 742 g/mol. The van der Waals surface area contributed by atoms with E-state index < -0.39 is 53.4 Å². The van der Waals surface area contributed by atoms with Crippen LogP contribution in [-0.4, -0.2) is 64.4 Å². The van der Waals surface area contributed by atoms with Gasteiger partial charge in [0.1, 0.15) is 27.8 Å². The quantitative estimate of drug-likeness (QED) is 0.143. The Balaban J connectivity index is 1.55. The normalized spacial score (nSPS) is 14.2. The molecule has 1 fully saturated rings. The number of rotatable bonds is 10. The van der Waals surface area contributed by atoms with Crippen molar-refractivity contribution in [2.75, 3.05) is 11.0 Å². The number of hydrogen-bond acceptors (Lipinski definition) is 8. The van der Waals surface area contributed by atoms with Gasteiger partial charge in [0.15, 0.2) is 15.7 Å². The number of sulfonamides is 1. The minimum absolute atomic E-state index is 0.0511. The molecule has 4 N–H and O–H groups in total. The number of carbonyl (C=O) groups is 1. The number of anilines is 1. The van der Waals surface area contributed by atoms with Crippen LogP contribution in [0.5, 0.6) is 0 Å². The van der Waals surface area contributed by atoms with E-state index in [2.05, 4.69) is 42.3 Å². The number of nitrogens with zero attached hydrogens (tertiary/aromatic N) is 3. The Morgan fingerprint density at radius 2 is 1.74 bits per heavy atom. The molecule has 0 unspecified atom stereocenters. The van der Waals surface area contributed by atoms with Crippen LogP contribution >= 0.6 is 11.6 Å². The van der Waals surface area contributed by atoms with Crippen LogP contribution in [0.3, 0.4) is 0 Å². The number of aromatic nitrogens is 5. The van der Waals surface area contributed by atoms with E-state index in [0.29, 0.717) is 29.5 Å². The van der Waals surface area contributed by atoms with Gasteiger partial charge in [-0.3, -0.25) is 19.7 Å². The molecule has 0 spiro atoms. The first-order valence-electron chi connectivity index (χ1n) is 15.2. The lowest BCUT2D eigenvalue weighted by Crippen LogP contribution is -2.33. The molecule has 6 rings (SSSR count). The van der Waals surface area contributed by atoms with Gasteiger partial charge in [0.2, 0.25) is 10.0 Å². The van der Waals surface area contributed by atoms with Crippen molar-refractivity contribution >= 4 is 54.1 Å². The molecule has 2 aromatic carbocycles. The third kappa shape index (κ3) is 7.35. The number of fused-ring (bicyclic) bond motifs is 1. The zero-order valence-corrected chi connectivity index (χ0v) is 29.2. The topological polar surface area (TPSA) is 180 Å². The molecule has 0 bridgehead atoms. The molecule has 17 heteroatoms. The highest BCUT2D eigenvalue weighted by atomic mass is 35.5. The minimum Gasteiger partial charge on any atom is -0.342 e. The lowest BCUT2D eigenvalue weighted by Gasteiger charge is -2.22. The molecule has 1 saturated carbocycles. The van der Waals surface area contributed by atoms with Gasteiger partial charge >= 0.3 is 0 Å². The maximum Gasteiger partial charge on any atom is 0.269 e. The molecule has 1 amide bonds. The summed E-state index contributed by atoms with van der Waals surface area (Å²) in [5.74, 6) is 3.43. The highest BCUT2D eigenvalue weighted by Gasteiger charge is 2.45. The van der Waals surface area contributed by atoms with E-state index in [0.717, 1.165) is 24.5 Å². The van der Waals surface area contributed by atoms with Gasteiger partial charge in [0, 0.05) is 23.4 Å². The summed E-state index contributed by atoms with van der Waals surface area (Å²) in [5, 5.41) is 16.2. The lowest BCUT2D eigenvalue weighted by molar-refractivity contribution is 0.0930. The van der Waals surface area contributed by atoms with Crippen molar-refractivity contribution in [3.05, 3.63) is 94.0 Å². The average Bonchev–Trinajstić information content (AvgIpc) is 3.60. The van der Waals surface area contributed by atoms with E-state index in [-0.39, 0.29) is 45.3 Å². The summed E-state index contributed by atoms with van der Waals surface area (Å²) in [6.45, 7) is 3.05. The van der Waals surface area contributed by atoms with E-state index in [4.69, 9.17) is 16.6 Å². The van der Waals surface area contributed by atoms with Gasteiger partial charge in [-0.25, -0.2) is 30.6 Å². The SMILES string of the molecule is CC(C)(C#Cc1ccc(-c2ccc(Cl)c3c(NS(C)(=O)=O)n[nH]c23)c([C@H](Cc2cc(F)cc(F)c2)NC(=O)c2ccn[nH]2)n1)S(=O)(=O)C1CC1. The van der Waals surface area contributed by atoms with Crippen molar-refractivity contribution in [2.45, 2.75) is 49.1 Å². The first-order chi connectivity index (χ1) is 23.5. The molecule has 260 valence electrons. The summed E-state index contributed by atoms with van der Waals surface area (Å²) in [4.78, 5) is 18.2. The number of sulfone groups is 1. The summed E-state index contributed by atoms with van der Waals surface area (Å²) in [7, 11) is -7.30. The van der Waals surface area contributed by atoms with Crippen LogP contribution in [0.15, 0.2) is 54.7 Å². The monoisotopic (exact) mass is 741 g/mol. The Kier molecular flexibility index (Phi) is 9.18. The van der Waals surface area contributed by atoms with Crippen molar-refractivity contribution in [3.63, 3.8) is 0 Å². The highest BCUT2D eigenvalue weighted by molar-refractivity contribution is 7.93. The minimum atomic E-state index is -3.75. The van der Waals surface area contributed by atoms with E-state index in [1.807, 2.05) is 0 Å². The van der Waals surface area contributed by atoms with Gasteiger partial charge in [-0.1, -0.05) is 23.6 Å². The van der Waals surface area contributed by atoms with E-state index in [1.165, 1.54) is 32.2 Å². The predicted octanol–water partition coefficient (Wildman–Crippen LogP) is 5.07. The molecule has 50 heavy (non-hydrogen) atoms. The fourth-order valence-corrected chi connectivity index (χ4v) is 8.01. The third-order valence-electron chi connectivity index (χ3n) is 8.08. The molecule has 3 heterocycles. The highest BCUT2D eigenvalue weighted by Crippen LogP contribution is 2.39. The summed E-state index contributed by atoms with van der Waals surface area (Å²) in [6, 6.07) is 9.74. The van der Waals surface area contributed by atoms with Gasteiger partial charge < -0.3 is 5.32 Å². The second-order valence-corrected chi connectivity index (χ2v) is 17.3. The van der Waals surface area contributed by atoms with Gasteiger partial charge in [0.05, 0.1) is 39.2 Å². The first-order valence-corrected chi connectivity index (χ1v) is 19.0.